The lowest BCUT2D eigenvalue weighted by Gasteiger charge is -2.13. The Kier molecular flexibility index (Phi) is 8.46. The van der Waals surface area contributed by atoms with E-state index in [1.807, 2.05) is 12.1 Å². The number of aromatic nitrogens is 4. The molecule has 3 heterocycles. The number of hydrogen-bond acceptors (Lipinski definition) is 2. The Balaban J connectivity index is 1.04. The predicted octanol–water partition coefficient (Wildman–Crippen LogP) is 15.0. The van der Waals surface area contributed by atoms with E-state index in [1.165, 1.54) is 49.3 Å². The van der Waals surface area contributed by atoms with Crippen LogP contribution in [0.1, 0.15) is 0 Å². The normalized spacial score (nSPS) is 11.5. The maximum absolute atomic E-state index is 5.26. The first kappa shape index (κ1) is 35.6. The first-order valence-corrected chi connectivity index (χ1v) is 21.1. The van der Waals surface area contributed by atoms with Crippen molar-refractivity contribution in [2.24, 2.45) is 0 Å². The summed E-state index contributed by atoms with van der Waals surface area (Å²) in [6.45, 7) is 0. The SMILES string of the molecule is c1ccc(-c2ccc(-c3cc(-c4ccccc4)nc(-c4cccc(-n5c6ccccc6c6cc7c8ccccc8n(-c8cccc(-c9ccccc9)c8)c7cc65)c4)n3)cc2)cc1. The van der Waals surface area contributed by atoms with Gasteiger partial charge in [0.2, 0.25) is 0 Å². The van der Waals surface area contributed by atoms with E-state index in [0.717, 1.165) is 56.0 Å². The van der Waals surface area contributed by atoms with Crippen LogP contribution in [0.25, 0.3) is 111 Å². The van der Waals surface area contributed by atoms with E-state index in [9.17, 15) is 0 Å². The lowest BCUT2D eigenvalue weighted by molar-refractivity contribution is 1.15. The molecular weight excluding hydrogens is 753 g/mol. The van der Waals surface area contributed by atoms with Crippen LogP contribution in [0.2, 0.25) is 0 Å². The Labute approximate surface area is 359 Å². The van der Waals surface area contributed by atoms with Crippen molar-refractivity contribution in [2.75, 3.05) is 0 Å². The van der Waals surface area contributed by atoms with E-state index in [4.69, 9.17) is 9.97 Å². The van der Waals surface area contributed by atoms with Crippen LogP contribution in [0.3, 0.4) is 0 Å². The zero-order valence-electron chi connectivity index (χ0n) is 33.7. The van der Waals surface area contributed by atoms with Gasteiger partial charge in [-0.15, -0.1) is 0 Å². The minimum atomic E-state index is 0.678. The molecule has 0 aliphatic carbocycles. The summed E-state index contributed by atoms with van der Waals surface area (Å²) in [5.41, 5.74) is 16.3. The number of para-hydroxylation sites is 2. The lowest BCUT2D eigenvalue weighted by atomic mass is 10.0. The van der Waals surface area contributed by atoms with Crippen molar-refractivity contribution in [2.45, 2.75) is 0 Å². The van der Waals surface area contributed by atoms with Crippen molar-refractivity contribution in [1.29, 1.82) is 0 Å². The highest BCUT2D eigenvalue weighted by Gasteiger charge is 2.20. The largest absolute Gasteiger partial charge is 0.309 e. The van der Waals surface area contributed by atoms with Crippen molar-refractivity contribution in [3.63, 3.8) is 0 Å². The second-order valence-corrected chi connectivity index (χ2v) is 15.8. The van der Waals surface area contributed by atoms with Crippen LogP contribution in [0.5, 0.6) is 0 Å². The molecule has 0 amide bonds. The van der Waals surface area contributed by atoms with Gasteiger partial charge in [-0.3, -0.25) is 0 Å². The minimum Gasteiger partial charge on any atom is -0.309 e. The van der Waals surface area contributed by atoms with Gasteiger partial charge in [0, 0.05) is 49.6 Å². The second kappa shape index (κ2) is 14.7. The smallest absolute Gasteiger partial charge is 0.160 e. The summed E-state index contributed by atoms with van der Waals surface area (Å²) in [6.07, 6.45) is 0. The molecule has 0 saturated heterocycles. The molecule has 3 aromatic heterocycles. The van der Waals surface area contributed by atoms with E-state index >= 15 is 0 Å². The third-order valence-corrected chi connectivity index (χ3v) is 12.1. The molecule has 290 valence electrons. The summed E-state index contributed by atoms with van der Waals surface area (Å²) in [7, 11) is 0. The summed E-state index contributed by atoms with van der Waals surface area (Å²) in [4.78, 5) is 10.5. The molecule has 12 rings (SSSR count). The van der Waals surface area contributed by atoms with E-state index < -0.39 is 0 Å². The third-order valence-electron chi connectivity index (χ3n) is 12.1. The highest BCUT2D eigenvalue weighted by molar-refractivity contribution is 6.19. The summed E-state index contributed by atoms with van der Waals surface area (Å²) < 4.78 is 4.83. The molecule has 9 aromatic carbocycles. The second-order valence-electron chi connectivity index (χ2n) is 15.8. The first-order chi connectivity index (χ1) is 30.7. The van der Waals surface area contributed by atoms with Gasteiger partial charge in [-0.2, -0.15) is 0 Å². The van der Waals surface area contributed by atoms with Crippen LogP contribution in [0.4, 0.5) is 0 Å². The number of benzene rings is 9. The van der Waals surface area contributed by atoms with Gasteiger partial charge in [-0.05, 0) is 76.9 Å². The highest BCUT2D eigenvalue weighted by Crippen LogP contribution is 2.41. The number of hydrogen-bond donors (Lipinski definition) is 0. The average Bonchev–Trinajstić information content (AvgIpc) is 3.86. The van der Waals surface area contributed by atoms with Crippen molar-refractivity contribution in [3.8, 4) is 67.5 Å². The van der Waals surface area contributed by atoms with Crippen molar-refractivity contribution in [3.05, 3.63) is 231 Å². The van der Waals surface area contributed by atoms with Gasteiger partial charge in [0.15, 0.2) is 5.82 Å². The van der Waals surface area contributed by atoms with Gasteiger partial charge in [-0.1, -0.05) is 176 Å². The fourth-order valence-electron chi connectivity index (χ4n) is 9.17. The Hall–Kier alpha value is -8.34. The molecule has 62 heavy (non-hydrogen) atoms. The Morgan fingerprint density at radius 3 is 1.21 bits per heavy atom. The predicted molar refractivity (Wildman–Crippen MR) is 258 cm³/mol. The van der Waals surface area contributed by atoms with Crippen LogP contribution < -0.4 is 0 Å². The molecule has 0 unspecified atom stereocenters. The van der Waals surface area contributed by atoms with E-state index in [2.05, 4.69) is 228 Å². The molecular formula is C58H38N4. The van der Waals surface area contributed by atoms with Gasteiger partial charge in [0.25, 0.3) is 0 Å². The Morgan fingerprint density at radius 1 is 0.242 bits per heavy atom. The fraction of sp³-hybridized carbons (Fsp3) is 0. The van der Waals surface area contributed by atoms with Gasteiger partial charge < -0.3 is 9.13 Å². The van der Waals surface area contributed by atoms with Crippen LogP contribution in [0, 0.1) is 0 Å². The average molecular weight is 791 g/mol. The molecule has 0 spiro atoms. The van der Waals surface area contributed by atoms with Crippen LogP contribution in [-0.4, -0.2) is 19.1 Å². The van der Waals surface area contributed by atoms with Crippen LogP contribution >= 0.6 is 0 Å². The molecule has 0 aliphatic rings. The highest BCUT2D eigenvalue weighted by atomic mass is 15.0. The zero-order valence-corrected chi connectivity index (χ0v) is 33.7. The molecule has 4 heteroatoms. The molecule has 0 atom stereocenters. The minimum absolute atomic E-state index is 0.678. The quantitative estimate of drug-likeness (QED) is 0.161. The molecule has 0 fully saturated rings. The molecule has 12 aromatic rings. The van der Waals surface area contributed by atoms with Crippen LogP contribution in [0.15, 0.2) is 231 Å². The van der Waals surface area contributed by atoms with E-state index in [1.54, 1.807) is 0 Å². The Morgan fingerprint density at radius 2 is 0.645 bits per heavy atom. The summed E-state index contributed by atoms with van der Waals surface area (Å²) in [5.74, 6) is 0.678. The first-order valence-electron chi connectivity index (χ1n) is 21.1. The maximum atomic E-state index is 5.26. The molecule has 0 aliphatic heterocycles. The molecule has 0 saturated carbocycles. The summed E-state index contributed by atoms with van der Waals surface area (Å²) in [5, 5.41) is 4.88. The van der Waals surface area contributed by atoms with Crippen LogP contribution in [-0.2, 0) is 0 Å². The number of fused-ring (bicyclic) bond motifs is 6. The molecule has 0 N–H and O–H groups in total. The Bertz CT molecular complexity index is 3600. The summed E-state index contributed by atoms with van der Waals surface area (Å²) >= 11 is 0. The van der Waals surface area contributed by atoms with Gasteiger partial charge in [-0.25, -0.2) is 9.97 Å². The standard InChI is InChI=1S/C58H38N4/c1-4-16-39(17-5-1)41-30-32-43(33-31-41)53-37-52(42-20-8-3-9-21-42)59-58(60-53)45-23-15-25-47(35-45)62-55-29-13-11-27-49(55)51-36-50-48-26-10-12-28-54(48)61(56(50)38-57(51)62)46-24-14-22-44(34-46)40-18-6-2-7-19-40/h1-38H. The number of nitrogens with zero attached hydrogens (tertiary/aromatic N) is 4. The van der Waals surface area contributed by atoms with E-state index in [-0.39, 0.29) is 0 Å². The summed E-state index contributed by atoms with van der Waals surface area (Å²) in [6, 6.07) is 82.1. The molecule has 0 radical (unpaired) electrons. The molecule has 4 nitrogen and oxygen atoms in total. The van der Waals surface area contributed by atoms with Crippen molar-refractivity contribution >= 4 is 43.6 Å². The zero-order chi connectivity index (χ0) is 41.0. The lowest BCUT2D eigenvalue weighted by Crippen LogP contribution is -1.98. The van der Waals surface area contributed by atoms with Gasteiger partial charge >= 0.3 is 0 Å². The topological polar surface area (TPSA) is 35.6 Å². The monoisotopic (exact) mass is 790 g/mol. The van der Waals surface area contributed by atoms with Crippen molar-refractivity contribution < 1.29 is 0 Å². The van der Waals surface area contributed by atoms with Gasteiger partial charge in [0.05, 0.1) is 33.5 Å². The third kappa shape index (κ3) is 6.08. The van der Waals surface area contributed by atoms with Gasteiger partial charge in [0.1, 0.15) is 0 Å². The van der Waals surface area contributed by atoms with Crippen molar-refractivity contribution in [1.82, 2.24) is 19.1 Å². The number of rotatable bonds is 7. The maximum Gasteiger partial charge on any atom is 0.160 e. The van der Waals surface area contributed by atoms with E-state index in [0.29, 0.717) is 5.82 Å². The fourth-order valence-corrected chi connectivity index (χ4v) is 9.17. The molecule has 0 bridgehead atoms.